The van der Waals surface area contributed by atoms with Gasteiger partial charge in [-0.25, -0.2) is 14.2 Å². The van der Waals surface area contributed by atoms with E-state index in [0.29, 0.717) is 11.3 Å². The molecule has 0 aliphatic carbocycles. The van der Waals surface area contributed by atoms with Gasteiger partial charge in [0.25, 0.3) is 18.7 Å². The highest BCUT2D eigenvalue weighted by Crippen LogP contribution is 2.40. The number of aromatic nitrogens is 3. The molecule has 0 aromatic carbocycles. The quantitative estimate of drug-likeness (QED) is 0.120. The minimum Gasteiger partial charge on any atom is -0.477 e. The van der Waals surface area contributed by atoms with E-state index in [1.54, 1.807) is 29.2 Å². The number of rotatable bonds is 9. The first-order valence-electron chi connectivity index (χ1n) is 11.1. The predicted octanol–water partition coefficient (Wildman–Crippen LogP) is -0.156. The van der Waals surface area contributed by atoms with Gasteiger partial charge in [-0.2, -0.15) is 4.57 Å². The first-order chi connectivity index (χ1) is 18.3. The Kier molecular flexibility index (Phi) is 7.00. The van der Waals surface area contributed by atoms with Gasteiger partial charge in [0, 0.05) is 28.5 Å². The summed E-state index contributed by atoms with van der Waals surface area (Å²) in [5.74, 6) is -2.42. The van der Waals surface area contributed by atoms with E-state index in [-0.39, 0.29) is 35.4 Å². The number of aliphatic hydroxyl groups excluding tert-OH is 1. The van der Waals surface area contributed by atoms with Crippen LogP contribution in [0.25, 0.3) is 5.52 Å². The van der Waals surface area contributed by atoms with Crippen LogP contribution in [0.4, 0.5) is 9.52 Å². The van der Waals surface area contributed by atoms with Gasteiger partial charge in [0.1, 0.15) is 28.3 Å². The fourth-order valence-electron chi connectivity index (χ4n) is 4.30. The number of carboxylic acids is 1. The van der Waals surface area contributed by atoms with Crippen LogP contribution in [0, 0.1) is 0 Å². The molecule has 13 nitrogen and oxygen atoms in total. The van der Waals surface area contributed by atoms with Crippen molar-refractivity contribution in [2.24, 2.45) is 5.16 Å². The monoisotopic (exact) mass is 562 g/mol. The van der Waals surface area contributed by atoms with Crippen LogP contribution >= 0.6 is 23.1 Å². The number of aliphatic hydroxyl groups is 1. The summed E-state index contributed by atoms with van der Waals surface area (Å²) in [4.78, 5) is 47.6. The summed E-state index contributed by atoms with van der Waals surface area (Å²) in [6, 6.07) is 0.755. The maximum absolute atomic E-state index is 13.0. The molecule has 5 heterocycles. The number of aliphatic carboxylic acids is 1. The van der Waals surface area contributed by atoms with Crippen molar-refractivity contribution in [1.82, 2.24) is 19.6 Å². The number of hydrogen-bond acceptors (Lipinski definition) is 10. The van der Waals surface area contributed by atoms with Crippen molar-refractivity contribution in [3.8, 4) is 0 Å². The number of carboxylic acid groups (broad SMARTS) is 1. The number of halogens is 1. The Morgan fingerprint density at radius 3 is 2.89 bits per heavy atom. The number of alkyl halides is 1. The zero-order valence-electron chi connectivity index (χ0n) is 19.5. The van der Waals surface area contributed by atoms with E-state index in [9.17, 15) is 29.0 Å². The third-order valence-electron chi connectivity index (χ3n) is 6.01. The molecule has 198 valence electrons. The Balaban J connectivity index is 1.36. The molecule has 2 amide bonds. The van der Waals surface area contributed by atoms with Crippen molar-refractivity contribution in [2.75, 3.05) is 18.3 Å². The second kappa shape index (κ2) is 10.4. The second-order valence-corrected chi connectivity index (χ2v) is 10.3. The fourth-order valence-corrected chi connectivity index (χ4v) is 6.18. The predicted molar refractivity (Wildman–Crippen MR) is 133 cm³/mol. The van der Waals surface area contributed by atoms with E-state index in [2.05, 4.69) is 20.3 Å². The fraction of sp³-hybridized carbons (Fsp3) is 0.273. The average molecular weight is 563 g/mol. The summed E-state index contributed by atoms with van der Waals surface area (Å²) < 4.78 is 16.1. The van der Waals surface area contributed by atoms with Gasteiger partial charge in [0.15, 0.2) is 29.8 Å². The third-order valence-corrected chi connectivity index (χ3v) is 8.03. The molecule has 0 radical (unpaired) electrons. The van der Waals surface area contributed by atoms with E-state index >= 15 is 0 Å². The number of amides is 2. The Morgan fingerprint density at radius 2 is 2.21 bits per heavy atom. The highest BCUT2D eigenvalue weighted by molar-refractivity contribution is 8.00. The number of nitrogens with zero attached hydrogens (tertiary/aromatic N) is 5. The number of hydrogen-bond donors (Lipinski definition) is 4. The van der Waals surface area contributed by atoms with E-state index in [4.69, 9.17) is 5.73 Å². The number of nitrogens with two attached hydrogens (primary N) is 1. The molecule has 16 heteroatoms. The average Bonchev–Trinajstić information content (AvgIpc) is 3.52. The lowest BCUT2D eigenvalue weighted by molar-refractivity contribution is -0.688. The first-order valence-corrected chi connectivity index (χ1v) is 13.0. The summed E-state index contributed by atoms with van der Waals surface area (Å²) in [6.07, 6.45) is 7.16. The van der Waals surface area contributed by atoms with Gasteiger partial charge in [-0.05, 0) is 6.07 Å². The molecular weight excluding hydrogens is 541 g/mol. The Morgan fingerprint density at radius 1 is 1.39 bits per heavy atom. The number of nitrogen functional groups attached to an aromatic ring is 1. The van der Waals surface area contributed by atoms with Crippen molar-refractivity contribution >= 4 is 57.2 Å². The Labute approximate surface area is 222 Å². The van der Waals surface area contributed by atoms with Crippen LogP contribution in [-0.2, 0) is 32.4 Å². The number of thiazole rings is 1. The summed E-state index contributed by atoms with van der Waals surface area (Å²) in [6.45, 7) is -1.21. The molecule has 0 bridgehead atoms. The highest BCUT2D eigenvalue weighted by Gasteiger charge is 2.54. The lowest BCUT2D eigenvalue weighted by atomic mass is 10.0. The molecule has 2 atom stereocenters. The number of thioether (sulfide) groups is 1. The summed E-state index contributed by atoms with van der Waals surface area (Å²) in [5, 5.41) is 26.4. The number of oxime groups is 1. The van der Waals surface area contributed by atoms with Gasteiger partial charge >= 0.3 is 5.97 Å². The van der Waals surface area contributed by atoms with Crippen molar-refractivity contribution in [3.05, 3.63) is 58.8 Å². The normalized spacial score (nSPS) is 19.4. The van der Waals surface area contributed by atoms with Gasteiger partial charge in [-0.3, -0.25) is 14.5 Å². The van der Waals surface area contributed by atoms with Crippen LogP contribution < -0.4 is 15.6 Å². The topological polar surface area (TPSA) is 176 Å². The standard InChI is InChI=1S/C22H20FN7O6S2/c23-10-36-27-15(13-9-38-22(24)25-13)18(32)26-16-19(33)30-17(21(34)35)12(8-37-20(16)30)5-28-3-4-29-2-1-11(7-31)14(29)6-28/h1-4,6,9,16,20,31H,5,7-8,10H2,(H3-,24,25,26,32,34,35)/p+1/b27-15-/t16-,20-/m1/s1. The van der Waals surface area contributed by atoms with Gasteiger partial charge in [0.05, 0.1) is 12.8 Å². The van der Waals surface area contributed by atoms with E-state index in [1.165, 1.54) is 17.1 Å². The number of anilines is 1. The third kappa shape index (κ3) is 4.57. The minimum atomic E-state index is -1.28. The molecule has 3 aromatic heterocycles. The molecule has 0 saturated carbocycles. The van der Waals surface area contributed by atoms with Crippen LogP contribution in [0.15, 0.2) is 52.7 Å². The smallest absolute Gasteiger partial charge is 0.352 e. The summed E-state index contributed by atoms with van der Waals surface area (Å²) in [7, 11) is 0. The van der Waals surface area contributed by atoms with Crippen LogP contribution in [0.1, 0.15) is 11.3 Å². The molecule has 0 spiro atoms. The first kappa shape index (κ1) is 25.6. The number of carbonyl (C=O) groups excluding carboxylic acids is 2. The van der Waals surface area contributed by atoms with E-state index in [1.807, 2.05) is 10.6 Å². The van der Waals surface area contributed by atoms with Gasteiger partial charge in [0.2, 0.25) is 0 Å². The summed E-state index contributed by atoms with van der Waals surface area (Å²) in [5.41, 5.74) is 7.16. The van der Waals surface area contributed by atoms with Gasteiger partial charge < -0.3 is 30.5 Å². The van der Waals surface area contributed by atoms with E-state index in [0.717, 1.165) is 27.3 Å². The van der Waals surface area contributed by atoms with Gasteiger partial charge in [-0.15, -0.1) is 23.1 Å². The maximum atomic E-state index is 13.0. The van der Waals surface area contributed by atoms with Crippen LogP contribution in [0.2, 0.25) is 0 Å². The molecule has 1 saturated heterocycles. The minimum absolute atomic E-state index is 0.0492. The summed E-state index contributed by atoms with van der Waals surface area (Å²) >= 11 is 2.34. The van der Waals surface area contributed by atoms with Crippen LogP contribution in [0.5, 0.6) is 0 Å². The number of carbonyl (C=O) groups is 3. The lowest BCUT2D eigenvalue weighted by Crippen LogP contribution is -2.71. The molecule has 3 aromatic rings. The zero-order chi connectivity index (χ0) is 27.0. The number of β-lactam (4-membered cyclic amide) rings is 1. The molecule has 2 aliphatic heterocycles. The van der Waals surface area contributed by atoms with Crippen molar-refractivity contribution < 1.29 is 38.4 Å². The second-order valence-electron chi connectivity index (χ2n) is 8.26. The molecular formula is C22H21FN7O6S2+. The molecule has 0 unspecified atom stereocenters. The Hall–Kier alpha value is -4.02. The van der Waals surface area contributed by atoms with Crippen LogP contribution in [0.3, 0.4) is 0 Å². The molecule has 5 rings (SSSR count). The molecule has 1 fully saturated rings. The number of nitrogens with one attached hydrogen (secondary N) is 1. The van der Waals surface area contributed by atoms with Crippen molar-refractivity contribution in [3.63, 3.8) is 0 Å². The molecule has 2 aliphatic rings. The van der Waals surface area contributed by atoms with E-state index < -0.39 is 36.1 Å². The van der Waals surface area contributed by atoms with Crippen molar-refractivity contribution in [1.29, 1.82) is 0 Å². The van der Waals surface area contributed by atoms with Crippen LogP contribution in [-0.4, -0.2) is 72.0 Å². The van der Waals surface area contributed by atoms with Gasteiger partial charge in [-0.1, -0.05) is 5.16 Å². The number of fused-ring (bicyclic) bond motifs is 2. The van der Waals surface area contributed by atoms with Crippen molar-refractivity contribution in [2.45, 2.75) is 24.6 Å². The largest absolute Gasteiger partial charge is 0.477 e. The molecule has 5 N–H and O–H groups in total. The Bertz CT molecular complexity index is 1500. The highest BCUT2D eigenvalue weighted by atomic mass is 32.2. The maximum Gasteiger partial charge on any atom is 0.352 e. The SMILES string of the molecule is Nc1nc(/C(=N/OCF)C(=O)N[C@@H]2C(=O)N3C(C(=O)O)=C(C[n+]4ccn5ccc(CO)c5c4)CS[C@H]23)cs1. The lowest BCUT2D eigenvalue weighted by Gasteiger charge is -2.49. The molecule has 38 heavy (non-hydrogen) atoms. The zero-order valence-corrected chi connectivity index (χ0v) is 21.1.